The Hall–Kier alpha value is -4.91. The van der Waals surface area contributed by atoms with Gasteiger partial charge in [-0.25, -0.2) is 0 Å². The first-order chi connectivity index (χ1) is 21.3. The molecule has 2 aliphatic rings. The summed E-state index contributed by atoms with van der Waals surface area (Å²) in [6, 6.07) is 17.6. The summed E-state index contributed by atoms with van der Waals surface area (Å²) in [5.74, 6) is -0.888. The van der Waals surface area contributed by atoms with Crippen LogP contribution < -0.4 is 15.4 Å². The normalized spacial score (nSPS) is 20.2. The molecule has 2 heterocycles. The van der Waals surface area contributed by atoms with Crippen molar-refractivity contribution in [3.05, 3.63) is 71.8 Å². The highest BCUT2D eigenvalue weighted by atomic mass is 16.5. The molecule has 5 rings (SSSR count). The maximum atomic E-state index is 14.3. The van der Waals surface area contributed by atoms with E-state index in [4.69, 9.17) is 4.74 Å². The van der Waals surface area contributed by atoms with Crippen molar-refractivity contribution in [1.29, 1.82) is 5.26 Å². The lowest BCUT2D eigenvalue weighted by Gasteiger charge is -2.36. The predicted octanol–water partition coefficient (Wildman–Crippen LogP) is 4.24. The third-order valence-electron chi connectivity index (χ3n) is 8.89. The summed E-state index contributed by atoms with van der Waals surface area (Å²) >= 11 is 0. The molecule has 2 N–H and O–H groups in total. The number of likely N-dealkylation sites (tertiary alicyclic amines) is 1. The fourth-order valence-corrected chi connectivity index (χ4v) is 6.59. The molecule has 1 fully saturated rings. The van der Waals surface area contributed by atoms with E-state index in [2.05, 4.69) is 16.7 Å². The molecule has 0 unspecified atom stereocenters. The minimum Gasteiger partial charge on any atom is -0.496 e. The number of methoxy groups -OCH3 is 1. The number of rotatable bonds is 7. The largest absolute Gasteiger partial charge is 0.496 e. The monoisotopic (exact) mass is 609 g/mol. The van der Waals surface area contributed by atoms with Gasteiger partial charge in [0.2, 0.25) is 17.7 Å². The van der Waals surface area contributed by atoms with Gasteiger partial charge in [0.05, 0.1) is 18.6 Å². The molecular formula is C35H39N5O5. The molecule has 10 nitrogen and oxygen atoms in total. The van der Waals surface area contributed by atoms with Crippen LogP contribution in [0.4, 0.5) is 5.69 Å². The molecule has 10 heteroatoms. The van der Waals surface area contributed by atoms with Gasteiger partial charge >= 0.3 is 0 Å². The van der Waals surface area contributed by atoms with E-state index in [0.717, 1.165) is 10.9 Å². The number of para-hydroxylation sites is 1. The number of nitriles is 1. The van der Waals surface area contributed by atoms with Gasteiger partial charge in [0.25, 0.3) is 5.91 Å². The summed E-state index contributed by atoms with van der Waals surface area (Å²) < 4.78 is 5.44. The average Bonchev–Trinajstić information content (AvgIpc) is 3.55. The van der Waals surface area contributed by atoms with Crippen LogP contribution in [0, 0.1) is 16.7 Å². The van der Waals surface area contributed by atoms with Crippen molar-refractivity contribution in [3.63, 3.8) is 0 Å². The number of nitrogens with one attached hydrogen (secondary N) is 2. The SMILES string of the molecule is COc1ccc(C(=O)N[C@@H](C)C(=O)N(C)[C@@H](CC(C)(C)C)C(=O)N2C[C@]3(C[C@H]2C#N)C(=O)Nc2ccccc23)c2ccccc12. The van der Waals surface area contributed by atoms with E-state index in [1.165, 1.54) is 9.80 Å². The molecule has 0 saturated carbocycles. The van der Waals surface area contributed by atoms with Crippen LogP contribution >= 0.6 is 0 Å². The van der Waals surface area contributed by atoms with Crippen LogP contribution in [0.25, 0.3) is 10.8 Å². The number of hydrogen-bond acceptors (Lipinski definition) is 6. The van der Waals surface area contributed by atoms with E-state index in [1.807, 2.05) is 69.3 Å². The zero-order chi connectivity index (χ0) is 32.7. The molecule has 1 saturated heterocycles. The number of fused-ring (bicyclic) bond motifs is 3. The number of carbonyl (C=O) groups is 4. The van der Waals surface area contributed by atoms with Crippen molar-refractivity contribution < 1.29 is 23.9 Å². The molecule has 0 bridgehead atoms. The van der Waals surface area contributed by atoms with Gasteiger partial charge in [-0.3, -0.25) is 19.2 Å². The van der Waals surface area contributed by atoms with Gasteiger partial charge in [-0.1, -0.05) is 63.2 Å². The van der Waals surface area contributed by atoms with Crippen molar-refractivity contribution in [1.82, 2.24) is 15.1 Å². The lowest BCUT2D eigenvalue weighted by Crippen LogP contribution is -2.56. The van der Waals surface area contributed by atoms with Gasteiger partial charge in [0, 0.05) is 36.7 Å². The Balaban J connectivity index is 1.39. The third-order valence-corrected chi connectivity index (χ3v) is 8.89. The molecular weight excluding hydrogens is 570 g/mol. The minimum absolute atomic E-state index is 0.0341. The molecule has 2 aliphatic heterocycles. The van der Waals surface area contributed by atoms with Crippen LogP contribution in [0.1, 0.15) is 56.5 Å². The van der Waals surface area contributed by atoms with E-state index >= 15 is 0 Å². The van der Waals surface area contributed by atoms with Crippen molar-refractivity contribution in [2.75, 3.05) is 26.0 Å². The maximum Gasteiger partial charge on any atom is 0.252 e. The van der Waals surface area contributed by atoms with E-state index in [0.29, 0.717) is 28.8 Å². The minimum atomic E-state index is -1.04. The second-order valence-electron chi connectivity index (χ2n) is 13.2. The van der Waals surface area contributed by atoms with Gasteiger partial charge < -0.3 is 25.2 Å². The Kier molecular flexibility index (Phi) is 8.32. The van der Waals surface area contributed by atoms with E-state index < -0.39 is 41.3 Å². The molecule has 0 aromatic heterocycles. The van der Waals surface area contributed by atoms with Crippen LogP contribution in [0.5, 0.6) is 5.75 Å². The lowest BCUT2D eigenvalue weighted by atomic mass is 9.80. The van der Waals surface area contributed by atoms with Crippen molar-refractivity contribution in [2.45, 2.75) is 64.1 Å². The summed E-state index contributed by atoms with van der Waals surface area (Å²) in [6.07, 6.45) is 0.475. The molecule has 0 aliphatic carbocycles. The van der Waals surface area contributed by atoms with Gasteiger partial charge in [0.15, 0.2) is 0 Å². The van der Waals surface area contributed by atoms with E-state index in [9.17, 15) is 24.4 Å². The molecule has 234 valence electrons. The van der Waals surface area contributed by atoms with Crippen LogP contribution in [0.2, 0.25) is 0 Å². The smallest absolute Gasteiger partial charge is 0.252 e. The Morgan fingerprint density at radius 3 is 2.44 bits per heavy atom. The molecule has 1 spiro atoms. The molecule has 0 radical (unpaired) electrons. The Bertz CT molecular complexity index is 1720. The first-order valence-corrected chi connectivity index (χ1v) is 15.1. The Morgan fingerprint density at radius 1 is 1.11 bits per heavy atom. The highest BCUT2D eigenvalue weighted by Crippen LogP contribution is 2.46. The summed E-state index contributed by atoms with van der Waals surface area (Å²) in [5.41, 5.74) is 0.445. The number of anilines is 1. The molecule has 45 heavy (non-hydrogen) atoms. The number of carbonyl (C=O) groups excluding carboxylic acids is 4. The molecule has 3 aromatic rings. The fourth-order valence-electron chi connectivity index (χ4n) is 6.59. The highest BCUT2D eigenvalue weighted by molar-refractivity contribution is 6.10. The zero-order valence-corrected chi connectivity index (χ0v) is 26.5. The standard InChI is InChI=1S/C35H39N5O5/c1-21(37-30(41)25-15-16-29(45-6)24-12-8-7-11-23(24)25)31(42)39(5)28(18-34(2,3)4)32(43)40-20-35(17-22(40)19-36)26-13-9-10-14-27(26)38-33(35)44/h7-16,21-22,28H,17-18,20H2,1-6H3,(H,37,41)(H,38,44)/t21-,22-,28-,35-/m0/s1. The summed E-state index contributed by atoms with van der Waals surface area (Å²) in [6.45, 7) is 7.54. The Morgan fingerprint density at radius 2 is 1.78 bits per heavy atom. The van der Waals surface area contributed by atoms with E-state index in [1.54, 1.807) is 33.2 Å². The number of amides is 4. The number of ether oxygens (including phenoxy) is 1. The van der Waals surface area contributed by atoms with Crippen molar-refractivity contribution in [2.24, 2.45) is 5.41 Å². The summed E-state index contributed by atoms with van der Waals surface area (Å²) in [5, 5.41) is 17.3. The Labute approximate surface area is 263 Å². The number of hydrogen-bond donors (Lipinski definition) is 2. The topological polar surface area (TPSA) is 132 Å². The lowest BCUT2D eigenvalue weighted by molar-refractivity contribution is -0.146. The second kappa shape index (κ2) is 11.9. The van der Waals surface area contributed by atoms with Crippen LogP contribution in [0.15, 0.2) is 60.7 Å². The fraction of sp³-hybridized carbons (Fsp3) is 0.400. The maximum absolute atomic E-state index is 14.3. The quantitative estimate of drug-likeness (QED) is 0.412. The first kappa shape index (κ1) is 31.5. The first-order valence-electron chi connectivity index (χ1n) is 15.1. The van der Waals surface area contributed by atoms with Crippen LogP contribution in [0.3, 0.4) is 0 Å². The van der Waals surface area contributed by atoms with Crippen molar-refractivity contribution >= 4 is 40.1 Å². The second-order valence-corrected chi connectivity index (χ2v) is 13.2. The van der Waals surface area contributed by atoms with Crippen molar-refractivity contribution in [3.8, 4) is 11.8 Å². The van der Waals surface area contributed by atoms with Gasteiger partial charge in [-0.2, -0.15) is 5.26 Å². The predicted molar refractivity (Wildman–Crippen MR) is 171 cm³/mol. The molecule has 4 atom stereocenters. The average molecular weight is 610 g/mol. The third kappa shape index (κ3) is 5.70. The summed E-state index contributed by atoms with van der Waals surface area (Å²) in [7, 11) is 3.11. The number of benzene rings is 3. The highest BCUT2D eigenvalue weighted by Gasteiger charge is 2.57. The van der Waals surface area contributed by atoms with Gasteiger partial charge in [-0.15, -0.1) is 0 Å². The number of likely N-dealkylation sites (N-methyl/N-ethyl adjacent to an activating group) is 1. The van der Waals surface area contributed by atoms with E-state index in [-0.39, 0.29) is 24.3 Å². The van der Waals surface area contributed by atoms with Crippen LogP contribution in [-0.4, -0.2) is 72.3 Å². The van der Waals surface area contributed by atoms with Gasteiger partial charge in [0.1, 0.15) is 23.9 Å². The molecule has 3 aromatic carbocycles. The summed E-state index contributed by atoms with van der Waals surface area (Å²) in [4.78, 5) is 57.7. The van der Waals surface area contributed by atoms with Crippen LogP contribution in [-0.2, 0) is 19.8 Å². The zero-order valence-electron chi connectivity index (χ0n) is 26.5. The van der Waals surface area contributed by atoms with Gasteiger partial charge in [-0.05, 0) is 47.9 Å². The number of nitrogens with zero attached hydrogens (tertiary/aromatic N) is 3. The molecule has 4 amide bonds.